The van der Waals surface area contributed by atoms with Crippen LogP contribution in [0.25, 0.3) is 22.0 Å². The van der Waals surface area contributed by atoms with Crippen LogP contribution in [-0.4, -0.2) is 35.1 Å². The smallest absolute Gasteiger partial charge is 0.191 e. The zero-order chi connectivity index (χ0) is 19.2. The first-order valence-electron chi connectivity index (χ1n) is 9.01. The van der Waals surface area contributed by atoms with E-state index < -0.39 is 0 Å². The number of Topliss-reactive ketones (excluding diaryl/α,β-unsaturated/α-hetero) is 1. The van der Waals surface area contributed by atoms with Gasteiger partial charge in [-0.25, -0.2) is 0 Å². The molecule has 2 aromatic carbocycles. The first-order chi connectivity index (χ1) is 13.8. The number of nitrogens with one attached hydrogen (secondary N) is 1. The van der Waals surface area contributed by atoms with Crippen molar-refractivity contribution < 1.29 is 9.53 Å². The van der Waals surface area contributed by atoms with Crippen molar-refractivity contribution >= 4 is 22.9 Å². The topological polar surface area (TPSA) is 67.3 Å². The molecule has 0 unspecified atom stereocenters. The average Bonchev–Trinajstić information content (AvgIpc) is 3.23. The molecule has 0 spiro atoms. The van der Waals surface area contributed by atoms with Crippen LogP contribution >= 0.6 is 0 Å². The summed E-state index contributed by atoms with van der Waals surface area (Å²) in [7, 11) is 0. The Balaban J connectivity index is 1.39. The van der Waals surface area contributed by atoms with Gasteiger partial charge in [0.25, 0.3) is 0 Å². The number of benzene rings is 2. The molecule has 0 amide bonds. The summed E-state index contributed by atoms with van der Waals surface area (Å²) in [6.45, 7) is 0.0544. The third kappa shape index (κ3) is 3.99. The number of carbonyl (C=O) groups is 1. The second-order valence-corrected chi connectivity index (χ2v) is 6.32. The van der Waals surface area contributed by atoms with Crippen LogP contribution in [0.2, 0.25) is 0 Å². The average molecular weight is 369 g/mol. The first-order valence-corrected chi connectivity index (χ1v) is 9.01. The van der Waals surface area contributed by atoms with Gasteiger partial charge in [-0.15, -0.1) is 0 Å². The number of carbonyl (C=O) groups excluding carboxylic acids is 1. The summed E-state index contributed by atoms with van der Waals surface area (Å²) >= 11 is 0. The van der Waals surface area contributed by atoms with E-state index in [4.69, 9.17) is 4.74 Å². The second kappa shape index (κ2) is 8.31. The van der Waals surface area contributed by atoms with Crippen molar-refractivity contribution in [3.63, 3.8) is 0 Å². The number of para-hydroxylation sites is 1. The van der Waals surface area contributed by atoms with Gasteiger partial charge in [-0.1, -0.05) is 36.4 Å². The lowest BCUT2D eigenvalue weighted by Crippen LogP contribution is -2.14. The molecule has 0 aliphatic heterocycles. The molecule has 28 heavy (non-hydrogen) atoms. The fourth-order valence-corrected chi connectivity index (χ4v) is 3.03. The number of hydrogen-bond donors (Lipinski definition) is 1. The van der Waals surface area contributed by atoms with Crippen molar-refractivity contribution in [1.82, 2.24) is 9.97 Å². The van der Waals surface area contributed by atoms with Crippen LogP contribution in [0.3, 0.4) is 0 Å². The summed E-state index contributed by atoms with van der Waals surface area (Å²) in [4.78, 5) is 23.8. The number of aliphatic imine (C=N–C) groups is 1. The molecule has 0 atom stereocenters. The lowest BCUT2D eigenvalue weighted by Gasteiger charge is -2.10. The minimum absolute atomic E-state index is 0.0248. The van der Waals surface area contributed by atoms with E-state index in [1.807, 2.05) is 66.9 Å². The summed E-state index contributed by atoms with van der Waals surface area (Å²) in [5, 5.41) is 1.08. The molecule has 4 rings (SSSR count). The van der Waals surface area contributed by atoms with Gasteiger partial charge in [0.05, 0.1) is 0 Å². The first kappa shape index (κ1) is 17.7. The van der Waals surface area contributed by atoms with Gasteiger partial charge in [0.2, 0.25) is 0 Å². The molecule has 0 aliphatic rings. The van der Waals surface area contributed by atoms with Crippen molar-refractivity contribution in [2.75, 3.05) is 13.2 Å². The van der Waals surface area contributed by atoms with E-state index in [1.165, 1.54) is 0 Å². The molecule has 2 heterocycles. The van der Waals surface area contributed by atoms with Crippen molar-refractivity contribution in [2.24, 2.45) is 4.99 Å². The molecule has 5 heteroatoms. The second-order valence-electron chi connectivity index (χ2n) is 6.32. The van der Waals surface area contributed by atoms with E-state index in [9.17, 15) is 4.79 Å². The van der Waals surface area contributed by atoms with Gasteiger partial charge in [0, 0.05) is 52.4 Å². The molecule has 2 aromatic heterocycles. The highest BCUT2D eigenvalue weighted by atomic mass is 16.5. The van der Waals surface area contributed by atoms with Crippen LogP contribution in [0, 0.1) is 0 Å². The van der Waals surface area contributed by atoms with E-state index in [1.54, 1.807) is 18.6 Å². The zero-order valence-electron chi connectivity index (χ0n) is 15.2. The number of hydrogen-bond acceptors (Lipinski definition) is 4. The maximum atomic E-state index is 12.2. The van der Waals surface area contributed by atoms with E-state index in [2.05, 4.69) is 15.0 Å². The van der Waals surface area contributed by atoms with Gasteiger partial charge in [-0.05, 0) is 24.3 Å². The van der Waals surface area contributed by atoms with Crippen molar-refractivity contribution in [1.29, 1.82) is 0 Å². The lowest BCUT2D eigenvalue weighted by atomic mass is 10.1. The summed E-state index contributed by atoms with van der Waals surface area (Å²) in [6, 6.07) is 19.4. The van der Waals surface area contributed by atoms with Crippen molar-refractivity contribution in [2.45, 2.75) is 0 Å². The third-order valence-electron chi connectivity index (χ3n) is 4.37. The summed E-state index contributed by atoms with van der Waals surface area (Å²) in [5.74, 6) is 0.573. The number of aromatic nitrogens is 2. The number of fused-ring (bicyclic) bond motifs is 1. The third-order valence-corrected chi connectivity index (χ3v) is 4.37. The summed E-state index contributed by atoms with van der Waals surface area (Å²) in [5.41, 5.74) is 3.88. The minimum Gasteiger partial charge on any atom is -0.485 e. The maximum Gasteiger partial charge on any atom is 0.191 e. The molecule has 5 nitrogen and oxygen atoms in total. The Morgan fingerprint density at radius 3 is 2.89 bits per heavy atom. The Morgan fingerprint density at radius 1 is 1.07 bits per heavy atom. The van der Waals surface area contributed by atoms with Crippen LogP contribution in [-0.2, 0) is 4.79 Å². The summed E-state index contributed by atoms with van der Waals surface area (Å²) in [6.07, 6.45) is 7.12. The van der Waals surface area contributed by atoms with Gasteiger partial charge in [0.15, 0.2) is 5.78 Å². The predicted octanol–water partition coefficient (Wildman–Crippen LogP) is 4.30. The fraction of sp³-hybridized carbons (Fsp3) is 0.0870. The molecule has 4 aromatic rings. The summed E-state index contributed by atoms with van der Waals surface area (Å²) < 4.78 is 5.76. The highest BCUT2D eigenvalue weighted by molar-refractivity contribution is 5.99. The molecule has 1 N–H and O–H groups in total. The number of nitrogens with zero attached hydrogens (tertiary/aromatic N) is 2. The number of ether oxygens (including phenoxy) is 1. The van der Waals surface area contributed by atoms with Crippen molar-refractivity contribution in [3.8, 4) is 16.9 Å². The molecule has 0 bridgehead atoms. The minimum atomic E-state index is -0.0847. The normalized spacial score (nSPS) is 11.1. The van der Waals surface area contributed by atoms with Crippen molar-refractivity contribution in [3.05, 3.63) is 84.8 Å². The highest BCUT2D eigenvalue weighted by Gasteiger charge is 2.08. The molecule has 0 fully saturated rings. The standard InChI is InChI=1S/C23H19N3O2/c27-19(15-25-14-17-5-3-8-22-20(17)10-12-26-22)16-28-23-9-2-1-7-21(23)18-6-4-11-24-13-18/h1-14,26H,15-16H2. The Bertz CT molecular complexity index is 1120. The van der Waals surface area contributed by atoms with Crippen LogP contribution in [0.15, 0.2) is 84.2 Å². The molecule has 0 saturated heterocycles. The molecular weight excluding hydrogens is 350 g/mol. The van der Waals surface area contributed by atoms with E-state index in [0.717, 1.165) is 27.6 Å². The fourth-order valence-electron chi connectivity index (χ4n) is 3.03. The van der Waals surface area contributed by atoms with E-state index in [0.29, 0.717) is 5.75 Å². The number of rotatable bonds is 7. The molecule has 0 radical (unpaired) electrons. The maximum absolute atomic E-state index is 12.2. The Kier molecular flexibility index (Phi) is 5.24. The number of ketones is 1. The molecular formula is C23H19N3O2. The lowest BCUT2D eigenvalue weighted by molar-refractivity contribution is -0.119. The number of pyridine rings is 1. The SMILES string of the molecule is O=C(CN=Cc1cccc2[nH]ccc12)COc1ccccc1-c1cccnc1. The van der Waals surface area contributed by atoms with Gasteiger partial charge in [-0.3, -0.25) is 14.8 Å². The Morgan fingerprint density at radius 2 is 2.00 bits per heavy atom. The number of H-pyrrole nitrogens is 1. The van der Waals surface area contributed by atoms with Gasteiger partial charge < -0.3 is 9.72 Å². The molecule has 0 aliphatic carbocycles. The van der Waals surface area contributed by atoms with Crippen LogP contribution in [0.4, 0.5) is 0 Å². The van der Waals surface area contributed by atoms with Gasteiger partial charge >= 0.3 is 0 Å². The quantitative estimate of drug-likeness (QED) is 0.494. The predicted molar refractivity (Wildman–Crippen MR) is 111 cm³/mol. The van der Waals surface area contributed by atoms with E-state index >= 15 is 0 Å². The Hall–Kier alpha value is -3.73. The van der Waals surface area contributed by atoms with Crippen LogP contribution < -0.4 is 4.74 Å². The molecule has 0 saturated carbocycles. The number of aromatic amines is 1. The van der Waals surface area contributed by atoms with Crippen LogP contribution in [0.1, 0.15) is 5.56 Å². The zero-order valence-corrected chi connectivity index (χ0v) is 15.2. The highest BCUT2D eigenvalue weighted by Crippen LogP contribution is 2.28. The van der Waals surface area contributed by atoms with Gasteiger partial charge in [-0.2, -0.15) is 0 Å². The molecule has 138 valence electrons. The van der Waals surface area contributed by atoms with Gasteiger partial charge in [0.1, 0.15) is 18.9 Å². The van der Waals surface area contributed by atoms with Crippen LogP contribution in [0.5, 0.6) is 5.75 Å². The Labute approximate surface area is 162 Å². The van der Waals surface area contributed by atoms with E-state index in [-0.39, 0.29) is 18.9 Å². The largest absolute Gasteiger partial charge is 0.485 e. The monoisotopic (exact) mass is 369 g/mol.